The minimum absolute atomic E-state index is 0.0270. The smallest absolute Gasteiger partial charge is 0.326 e. The Bertz CT molecular complexity index is 1870. The molecule has 15 N–H and O–H groups in total. The van der Waals surface area contributed by atoms with E-state index in [0.717, 1.165) is 6.92 Å². The van der Waals surface area contributed by atoms with Gasteiger partial charge >= 0.3 is 23.9 Å². The van der Waals surface area contributed by atoms with Gasteiger partial charge in [0.25, 0.3) is 0 Å². The Balaban J connectivity index is 3.25. The highest BCUT2D eigenvalue weighted by Gasteiger charge is 2.35. The van der Waals surface area contributed by atoms with Crippen molar-refractivity contribution in [2.24, 2.45) is 17.4 Å². The Morgan fingerprint density at radius 2 is 1.04 bits per heavy atom. The molecule has 374 valence electrons. The van der Waals surface area contributed by atoms with Crippen molar-refractivity contribution >= 4 is 77.0 Å². The van der Waals surface area contributed by atoms with Crippen LogP contribution in [0.1, 0.15) is 84.1 Å². The molecule has 0 spiro atoms. The third-order valence-electron chi connectivity index (χ3n) is 10.0. The fourth-order valence-electron chi connectivity index (χ4n) is 6.20. The lowest BCUT2D eigenvalue weighted by Crippen LogP contribution is -2.60. The Kier molecular flexibility index (Phi) is 27.0. The maximum atomic E-state index is 13.8. The van der Waals surface area contributed by atoms with Crippen LogP contribution in [0, 0.1) is 5.92 Å². The first-order valence-electron chi connectivity index (χ1n) is 21.5. The summed E-state index contributed by atoms with van der Waals surface area (Å²) in [7, 11) is 0. The molecular weight excluding hydrogens is 903 g/mol. The molecule has 0 radical (unpaired) electrons. The predicted molar refractivity (Wildman–Crippen MR) is 242 cm³/mol. The molecule has 67 heavy (non-hydrogen) atoms. The molecule has 0 saturated carbocycles. The van der Waals surface area contributed by atoms with E-state index in [1.54, 1.807) is 50.4 Å². The normalized spacial score (nSPS) is 14.6. The number of hydrogen-bond acceptors (Lipinski definition) is 14. The lowest BCUT2D eigenvalue weighted by Gasteiger charge is -2.28. The monoisotopic (exact) mass is 967 g/mol. The van der Waals surface area contributed by atoms with Gasteiger partial charge in [-0.05, 0) is 75.5 Å². The summed E-state index contributed by atoms with van der Waals surface area (Å²) in [6, 6.07) is -3.32. The summed E-state index contributed by atoms with van der Waals surface area (Å²) in [5.41, 5.74) is 12.0. The number of carbonyl (C=O) groups excluding carboxylic acids is 7. The second kappa shape index (κ2) is 30.8. The van der Waals surface area contributed by atoms with E-state index >= 15 is 0 Å². The van der Waals surface area contributed by atoms with E-state index in [9.17, 15) is 68.1 Å². The third kappa shape index (κ3) is 23.1. The van der Waals surface area contributed by atoms with E-state index in [2.05, 4.69) is 37.2 Å². The van der Waals surface area contributed by atoms with Gasteiger partial charge in [-0.1, -0.05) is 44.2 Å². The van der Waals surface area contributed by atoms with Crippen molar-refractivity contribution in [2.75, 3.05) is 18.6 Å². The molecular formula is C42H65N9O15S. The second-order valence-electron chi connectivity index (χ2n) is 15.9. The number of hydrogen-bond donors (Lipinski definition) is 13. The Hall–Kier alpha value is -6.34. The summed E-state index contributed by atoms with van der Waals surface area (Å²) < 4.78 is 0. The number of carboxylic acid groups (broad SMARTS) is 4. The topological polar surface area (TPSA) is 405 Å². The molecule has 8 atom stereocenters. The van der Waals surface area contributed by atoms with Crippen LogP contribution in [0.3, 0.4) is 0 Å². The van der Waals surface area contributed by atoms with Crippen molar-refractivity contribution in [1.82, 2.24) is 37.2 Å². The fraction of sp³-hybridized carbons (Fsp3) is 0.595. The molecule has 0 fully saturated rings. The number of rotatable bonds is 33. The minimum Gasteiger partial charge on any atom is -0.481 e. The van der Waals surface area contributed by atoms with Crippen molar-refractivity contribution in [3.8, 4) is 0 Å². The van der Waals surface area contributed by atoms with Crippen LogP contribution in [-0.2, 0) is 59.2 Å². The largest absolute Gasteiger partial charge is 0.481 e. The molecule has 0 aromatic heterocycles. The van der Waals surface area contributed by atoms with Crippen LogP contribution in [-0.4, -0.2) is 153 Å². The van der Waals surface area contributed by atoms with E-state index in [-0.39, 0.29) is 38.0 Å². The van der Waals surface area contributed by atoms with E-state index in [1.807, 2.05) is 0 Å². The van der Waals surface area contributed by atoms with E-state index in [1.165, 1.54) is 11.8 Å². The second-order valence-corrected chi connectivity index (χ2v) is 16.9. The predicted octanol–water partition coefficient (Wildman–Crippen LogP) is -2.20. The first-order valence-corrected chi connectivity index (χ1v) is 22.9. The number of aliphatic carboxylic acids is 4. The highest BCUT2D eigenvalue weighted by Crippen LogP contribution is 2.11. The van der Waals surface area contributed by atoms with Crippen molar-refractivity contribution in [1.29, 1.82) is 0 Å². The molecule has 0 aliphatic carbocycles. The van der Waals surface area contributed by atoms with Crippen molar-refractivity contribution in [3.63, 3.8) is 0 Å². The van der Waals surface area contributed by atoms with Gasteiger partial charge in [-0.2, -0.15) is 11.8 Å². The van der Waals surface area contributed by atoms with Crippen molar-refractivity contribution in [3.05, 3.63) is 35.9 Å². The van der Waals surface area contributed by atoms with Crippen molar-refractivity contribution < 1.29 is 73.2 Å². The molecule has 1 aromatic carbocycles. The van der Waals surface area contributed by atoms with E-state index in [0.29, 0.717) is 18.4 Å². The lowest BCUT2D eigenvalue weighted by molar-refractivity contribution is -0.143. The van der Waals surface area contributed by atoms with Gasteiger partial charge in [0.15, 0.2) is 0 Å². The lowest BCUT2D eigenvalue weighted by atomic mass is 10.0. The number of thioether (sulfide) groups is 1. The summed E-state index contributed by atoms with van der Waals surface area (Å²) in [6.45, 7) is 4.62. The summed E-state index contributed by atoms with van der Waals surface area (Å²) in [6.07, 6.45) is -0.386. The van der Waals surface area contributed by atoms with Gasteiger partial charge in [-0.15, -0.1) is 0 Å². The number of nitrogens with one attached hydrogen (secondary N) is 7. The molecule has 0 heterocycles. The summed E-state index contributed by atoms with van der Waals surface area (Å²) in [5, 5.41) is 54.4. The van der Waals surface area contributed by atoms with Gasteiger partial charge in [-0.3, -0.25) is 47.9 Å². The van der Waals surface area contributed by atoms with Crippen LogP contribution in [0.5, 0.6) is 0 Å². The van der Waals surface area contributed by atoms with Gasteiger partial charge in [0.05, 0.1) is 12.5 Å². The number of nitrogens with two attached hydrogens (primary N) is 2. The Labute approximate surface area is 391 Å². The average molecular weight is 968 g/mol. The zero-order valence-corrected chi connectivity index (χ0v) is 38.7. The maximum absolute atomic E-state index is 13.8. The number of unbranched alkanes of at least 4 members (excludes halogenated alkanes) is 1. The summed E-state index contributed by atoms with van der Waals surface area (Å²) >= 11 is 1.29. The quantitative estimate of drug-likeness (QED) is 0.0332. The van der Waals surface area contributed by atoms with Crippen LogP contribution in [0.4, 0.5) is 0 Å². The van der Waals surface area contributed by atoms with Crippen LogP contribution < -0.4 is 48.7 Å². The van der Waals surface area contributed by atoms with Crippen LogP contribution in [0.25, 0.3) is 0 Å². The molecule has 0 saturated heterocycles. The van der Waals surface area contributed by atoms with Gasteiger partial charge in [0, 0.05) is 19.3 Å². The zero-order valence-electron chi connectivity index (χ0n) is 37.9. The molecule has 1 aromatic rings. The minimum atomic E-state index is -1.84. The van der Waals surface area contributed by atoms with Crippen LogP contribution in [0.15, 0.2) is 30.3 Å². The number of benzene rings is 1. The molecule has 24 nitrogen and oxygen atoms in total. The standard InChI is InChI=1S/C42H65N9O15S/c1-22(2)34(51-36(59)25(44)13-15-31(52)53)41(64)48-26(12-8-9-18-43)37(60)47-28(17-19-67-4)39(62)49-29(21-33(56)57)40(63)45-23(3)35(58)46-27(14-16-32(54)55)38(61)50-30(42(65)66)20-24-10-6-5-7-11-24/h5-7,10-11,22-23,25-30,34H,8-9,12-21,43-44H2,1-4H3,(H,45,63)(H,46,58)(H,47,60)(H,48,64)(H,49,62)(H,50,61)(H,51,59)(H,52,53)(H,54,55)(H,56,57)(H,65,66)/t23-,25-,26-,27-,28-,29-,30-,34-/m0/s1. The average Bonchev–Trinajstić information content (AvgIpc) is 3.26. The molecule has 1 rings (SSSR count). The molecule has 0 aliphatic rings. The highest BCUT2D eigenvalue weighted by molar-refractivity contribution is 7.98. The molecule has 0 unspecified atom stereocenters. The van der Waals surface area contributed by atoms with Crippen molar-refractivity contribution in [2.45, 2.75) is 133 Å². The van der Waals surface area contributed by atoms with Crippen LogP contribution >= 0.6 is 11.8 Å². The number of carbonyl (C=O) groups is 11. The molecule has 25 heteroatoms. The maximum Gasteiger partial charge on any atom is 0.326 e. The van der Waals surface area contributed by atoms with Gasteiger partial charge < -0.3 is 69.1 Å². The highest BCUT2D eigenvalue weighted by atomic mass is 32.2. The molecule has 0 aliphatic heterocycles. The van der Waals surface area contributed by atoms with Gasteiger partial charge in [0.1, 0.15) is 42.3 Å². The SMILES string of the molecule is CSCC[C@H](NC(=O)[C@H](CCCCN)NC(=O)[C@@H](NC(=O)[C@@H](N)CCC(=O)O)C(C)C)C(=O)N[C@@H](CC(=O)O)C(=O)N[C@@H](C)C(=O)N[C@@H](CCC(=O)O)C(=O)N[C@@H](Cc1ccccc1)C(=O)O. The fourth-order valence-corrected chi connectivity index (χ4v) is 6.67. The summed E-state index contributed by atoms with van der Waals surface area (Å²) in [4.78, 5) is 140. The number of amides is 7. The first-order chi connectivity index (χ1) is 31.5. The Morgan fingerprint density at radius 3 is 1.57 bits per heavy atom. The van der Waals surface area contributed by atoms with Crippen LogP contribution in [0.2, 0.25) is 0 Å². The number of carboxylic acids is 4. The van der Waals surface area contributed by atoms with E-state index < -0.39 is 145 Å². The third-order valence-corrected chi connectivity index (χ3v) is 10.7. The summed E-state index contributed by atoms with van der Waals surface area (Å²) in [5.74, 6) is -12.4. The van der Waals surface area contributed by atoms with E-state index in [4.69, 9.17) is 16.6 Å². The first kappa shape index (κ1) is 58.7. The zero-order chi connectivity index (χ0) is 50.8. The Morgan fingerprint density at radius 1 is 0.552 bits per heavy atom. The van der Waals surface area contributed by atoms with Gasteiger partial charge in [-0.25, -0.2) is 4.79 Å². The molecule has 0 bridgehead atoms. The van der Waals surface area contributed by atoms with Gasteiger partial charge in [0.2, 0.25) is 41.4 Å². The molecule has 7 amide bonds.